The summed E-state index contributed by atoms with van der Waals surface area (Å²) in [5.74, 6) is 3.80. The minimum absolute atomic E-state index is 0.415. The summed E-state index contributed by atoms with van der Waals surface area (Å²) < 4.78 is 5.95. The van der Waals surface area contributed by atoms with Crippen LogP contribution in [0.25, 0.3) is 0 Å². The fraction of sp³-hybridized carbons (Fsp3) is 0.733. The first kappa shape index (κ1) is 12.7. The lowest BCUT2D eigenvalue weighted by molar-refractivity contribution is 0.265. The molecule has 1 aliphatic rings. The molecule has 0 radical (unpaired) electrons. The molecule has 0 saturated heterocycles. The Kier molecular flexibility index (Phi) is 4.27. The standard InChI is InChI=1S/C15H25NO/c1-4-12-9-10-14(17-12)15(16-5-2)13-8-6-7-11(13)3/h9-11,13,15-16H,4-8H2,1-3H3. The molecule has 0 aromatic carbocycles. The molecule has 3 atom stereocenters. The molecule has 17 heavy (non-hydrogen) atoms. The Morgan fingerprint density at radius 2 is 2.18 bits per heavy atom. The zero-order valence-electron chi connectivity index (χ0n) is 11.3. The fourth-order valence-corrected chi connectivity index (χ4v) is 3.10. The highest BCUT2D eigenvalue weighted by Gasteiger charge is 2.32. The van der Waals surface area contributed by atoms with Gasteiger partial charge in [0.15, 0.2) is 0 Å². The van der Waals surface area contributed by atoms with Gasteiger partial charge in [0.05, 0.1) is 6.04 Å². The summed E-state index contributed by atoms with van der Waals surface area (Å²) in [6, 6.07) is 4.70. The number of rotatable bonds is 5. The van der Waals surface area contributed by atoms with Gasteiger partial charge in [-0.2, -0.15) is 0 Å². The highest BCUT2D eigenvalue weighted by Crippen LogP contribution is 2.40. The van der Waals surface area contributed by atoms with E-state index in [1.165, 1.54) is 19.3 Å². The maximum absolute atomic E-state index is 5.95. The minimum atomic E-state index is 0.415. The molecule has 2 rings (SSSR count). The summed E-state index contributed by atoms with van der Waals surface area (Å²) in [5.41, 5.74) is 0. The van der Waals surface area contributed by atoms with Crippen LogP contribution in [-0.2, 0) is 6.42 Å². The van der Waals surface area contributed by atoms with Gasteiger partial charge in [-0.05, 0) is 36.9 Å². The maximum atomic E-state index is 5.95. The van der Waals surface area contributed by atoms with E-state index in [4.69, 9.17) is 4.42 Å². The van der Waals surface area contributed by atoms with Crippen molar-refractivity contribution in [3.63, 3.8) is 0 Å². The van der Waals surface area contributed by atoms with E-state index < -0.39 is 0 Å². The van der Waals surface area contributed by atoms with Crippen LogP contribution in [0.2, 0.25) is 0 Å². The van der Waals surface area contributed by atoms with Crippen LogP contribution in [-0.4, -0.2) is 6.54 Å². The number of aryl methyl sites for hydroxylation is 1. The van der Waals surface area contributed by atoms with Crippen LogP contribution >= 0.6 is 0 Å². The Balaban J connectivity index is 2.15. The minimum Gasteiger partial charge on any atom is -0.464 e. The predicted octanol–water partition coefficient (Wildman–Crippen LogP) is 3.93. The predicted molar refractivity (Wildman–Crippen MR) is 71.0 cm³/mol. The summed E-state index contributed by atoms with van der Waals surface area (Å²) >= 11 is 0. The molecule has 96 valence electrons. The van der Waals surface area contributed by atoms with Crippen molar-refractivity contribution in [1.82, 2.24) is 5.32 Å². The number of nitrogens with one attached hydrogen (secondary N) is 1. The molecule has 1 aromatic heterocycles. The summed E-state index contributed by atoms with van der Waals surface area (Å²) in [4.78, 5) is 0. The average Bonchev–Trinajstić information content (AvgIpc) is 2.95. The first-order valence-electron chi connectivity index (χ1n) is 7.08. The van der Waals surface area contributed by atoms with Crippen molar-refractivity contribution in [3.05, 3.63) is 23.7 Å². The molecule has 3 unspecified atom stereocenters. The quantitative estimate of drug-likeness (QED) is 0.836. The SMILES string of the molecule is CCNC(c1ccc(CC)o1)C1CCCC1C. The van der Waals surface area contributed by atoms with E-state index in [-0.39, 0.29) is 0 Å². The van der Waals surface area contributed by atoms with Crippen molar-refractivity contribution < 1.29 is 4.42 Å². The van der Waals surface area contributed by atoms with Crippen molar-refractivity contribution in [2.45, 2.75) is 52.5 Å². The van der Waals surface area contributed by atoms with Crippen molar-refractivity contribution >= 4 is 0 Å². The van der Waals surface area contributed by atoms with Crippen LogP contribution in [0.1, 0.15) is 57.6 Å². The van der Waals surface area contributed by atoms with Crippen molar-refractivity contribution in [2.75, 3.05) is 6.54 Å². The van der Waals surface area contributed by atoms with E-state index in [1.807, 2.05) is 0 Å². The normalized spacial score (nSPS) is 26.3. The number of hydrogen-bond acceptors (Lipinski definition) is 2. The smallest absolute Gasteiger partial charge is 0.121 e. The lowest BCUT2D eigenvalue weighted by Gasteiger charge is -2.26. The largest absolute Gasteiger partial charge is 0.464 e. The zero-order chi connectivity index (χ0) is 12.3. The van der Waals surface area contributed by atoms with Crippen LogP contribution in [0.4, 0.5) is 0 Å². The highest BCUT2D eigenvalue weighted by atomic mass is 16.3. The molecular weight excluding hydrogens is 210 g/mol. The van der Waals surface area contributed by atoms with E-state index in [9.17, 15) is 0 Å². The zero-order valence-corrected chi connectivity index (χ0v) is 11.3. The van der Waals surface area contributed by atoms with E-state index in [0.717, 1.165) is 36.3 Å². The third kappa shape index (κ3) is 2.74. The molecule has 1 N–H and O–H groups in total. The Morgan fingerprint density at radius 1 is 1.35 bits per heavy atom. The molecule has 1 fully saturated rings. The molecule has 1 heterocycles. The summed E-state index contributed by atoms with van der Waals surface area (Å²) in [6.45, 7) is 7.71. The summed E-state index contributed by atoms with van der Waals surface area (Å²) in [7, 11) is 0. The van der Waals surface area contributed by atoms with E-state index in [1.54, 1.807) is 0 Å². The van der Waals surface area contributed by atoms with Crippen LogP contribution in [0.15, 0.2) is 16.5 Å². The first-order chi connectivity index (χ1) is 8.26. The molecular formula is C15H25NO. The monoisotopic (exact) mass is 235 g/mol. The lowest BCUT2D eigenvalue weighted by atomic mass is 9.89. The second-order valence-corrected chi connectivity index (χ2v) is 5.27. The maximum Gasteiger partial charge on any atom is 0.121 e. The van der Waals surface area contributed by atoms with Gasteiger partial charge in [-0.15, -0.1) is 0 Å². The van der Waals surface area contributed by atoms with Gasteiger partial charge >= 0.3 is 0 Å². The van der Waals surface area contributed by atoms with Crippen molar-refractivity contribution in [3.8, 4) is 0 Å². The van der Waals surface area contributed by atoms with Crippen molar-refractivity contribution in [1.29, 1.82) is 0 Å². The van der Waals surface area contributed by atoms with E-state index in [0.29, 0.717) is 6.04 Å². The van der Waals surface area contributed by atoms with Crippen molar-refractivity contribution in [2.24, 2.45) is 11.8 Å². The number of furan rings is 1. The van der Waals surface area contributed by atoms with Gasteiger partial charge < -0.3 is 9.73 Å². The molecule has 1 aromatic rings. The number of hydrogen-bond donors (Lipinski definition) is 1. The van der Waals surface area contributed by atoms with Gasteiger partial charge in [0.25, 0.3) is 0 Å². The topological polar surface area (TPSA) is 25.2 Å². The van der Waals surface area contributed by atoms with Crippen LogP contribution in [0.5, 0.6) is 0 Å². The van der Waals surface area contributed by atoms with E-state index >= 15 is 0 Å². The summed E-state index contributed by atoms with van der Waals surface area (Å²) in [5, 5.41) is 3.61. The first-order valence-corrected chi connectivity index (χ1v) is 7.08. The molecule has 2 nitrogen and oxygen atoms in total. The Morgan fingerprint density at radius 3 is 2.71 bits per heavy atom. The third-order valence-corrected chi connectivity index (χ3v) is 4.12. The van der Waals surface area contributed by atoms with Gasteiger partial charge in [-0.25, -0.2) is 0 Å². The molecule has 0 aliphatic heterocycles. The van der Waals surface area contributed by atoms with Gasteiger partial charge in [-0.1, -0.05) is 33.6 Å². The highest BCUT2D eigenvalue weighted by molar-refractivity contribution is 5.12. The second-order valence-electron chi connectivity index (χ2n) is 5.27. The lowest BCUT2D eigenvalue weighted by Crippen LogP contribution is -2.29. The third-order valence-electron chi connectivity index (χ3n) is 4.12. The van der Waals surface area contributed by atoms with Crippen LogP contribution in [0, 0.1) is 11.8 Å². The molecule has 0 spiro atoms. The van der Waals surface area contributed by atoms with E-state index in [2.05, 4.69) is 38.2 Å². The molecule has 1 aliphatic carbocycles. The van der Waals surface area contributed by atoms with Crippen LogP contribution < -0.4 is 5.32 Å². The molecule has 0 bridgehead atoms. The second kappa shape index (κ2) is 5.72. The average molecular weight is 235 g/mol. The summed E-state index contributed by atoms with van der Waals surface area (Å²) in [6.07, 6.45) is 5.06. The van der Waals surface area contributed by atoms with Gasteiger partial charge in [0, 0.05) is 6.42 Å². The Labute approximate surface area is 105 Å². The molecule has 1 saturated carbocycles. The Bertz CT molecular complexity index is 344. The molecule has 2 heteroatoms. The van der Waals surface area contributed by atoms with Crippen LogP contribution in [0.3, 0.4) is 0 Å². The fourth-order valence-electron chi connectivity index (χ4n) is 3.10. The van der Waals surface area contributed by atoms with Gasteiger partial charge in [0.1, 0.15) is 11.5 Å². The molecule has 0 amide bonds. The Hall–Kier alpha value is -0.760. The van der Waals surface area contributed by atoms with Gasteiger partial charge in [-0.3, -0.25) is 0 Å². The van der Waals surface area contributed by atoms with Gasteiger partial charge in [0.2, 0.25) is 0 Å².